The second-order valence-electron chi connectivity index (χ2n) is 5.41. The molecule has 0 aromatic heterocycles. The maximum absolute atomic E-state index is 13.8. The minimum atomic E-state index is -0.704. The van der Waals surface area contributed by atoms with Crippen molar-refractivity contribution < 1.29 is 19.0 Å². The standard InChI is InChI=1S/C14H20FNO3/c1-14(2,3)11(17)8-16-13(18)9-6-5-7-10(19-4)12(9)15/h5-7,11,17H,8H2,1-4H3,(H,16,18). The Kier molecular flexibility index (Phi) is 4.89. The van der Waals surface area contributed by atoms with Crippen LogP contribution in [0.4, 0.5) is 4.39 Å². The third-order valence-electron chi connectivity index (χ3n) is 2.88. The van der Waals surface area contributed by atoms with Crippen molar-refractivity contribution in [1.29, 1.82) is 0 Å². The average molecular weight is 269 g/mol. The lowest BCUT2D eigenvalue weighted by Crippen LogP contribution is -2.39. The summed E-state index contributed by atoms with van der Waals surface area (Å²) in [6, 6.07) is 4.35. The number of amides is 1. The minimum absolute atomic E-state index is 0.0176. The third-order valence-corrected chi connectivity index (χ3v) is 2.88. The Morgan fingerprint density at radius 1 is 1.47 bits per heavy atom. The van der Waals surface area contributed by atoms with E-state index in [0.29, 0.717) is 0 Å². The molecule has 1 aromatic carbocycles. The molecule has 1 rings (SSSR count). The van der Waals surface area contributed by atoms with E-state index in [1.165, 1.54) is 25.3 Å². The molecule has 19 heavy (non-hydrogen) atoms. The topological polar surface area (TPSA) is 58.6 Å². The summed E-state index contributed by atoms with van der Waals surface area (Å²) in [5.74, 6) is -1.25. The summed E-state index contributed by atoms with van der Waals surface area (Å²) in [7, 11) is 1.34. The molecule has 1 amide bonds. The zero-order valence-electron chi connectivity index (χ0n) is 11.7. The molecule has 0 aliphatic carbocycles. The van der Waals surface area contributed by atoms with Crippen LogP contribution in [0.2, 0.25) is 0 Å². The van der Waals surface area contributed by atoms with E-state index >= 15 is 0 Å². The smallest absolute Gasteiger partial charge is 0.254 e. The van der Waals surface area contributed by atoms with Crippen molar-refractivity contribution >= 4 is 5.91 Å². The molecule has 0 saturated carbocycles. The number of aliphatic hydroxyl groups excluding tert-OH is 1. The highest BCUT2D eigenvalue weighted by molar-refractivity contribution is 5.94. The fraction of sp³-hybridized carbons (Fsp3) is 0.500. The molecule has 0 radical (unpaired) electrons. The molecule has 0 spiro atoms. The number of aliphatic hydroxyl groups is 1. The summed E-state index contributed by atoms with van der Waals surface area (Å²) in [6.07, 6.45) is -0.704. The van der Waals surface area contributed by atoms with E-state index in [1.807, 2.05) is 20.8 Å². The van der Waals surface area contributed by atoms with Crippen LogP contribution in [0.15, 0.2) is 18.2 Å². The fourth-order valence-electron chi connectivity index (χ4n) is 1.43. The fourth-order valence-corrected chi connectivity index (χ4v) is 1.43. The first-order valence-corrected chi connectivity index (χ1v) is 6.06. The molecular formula is C14H20FNO3. The molecule has 2 N–H and O–H groups in total. The van der Waals surface area contributed by atoms with Crippen molar-refractivity contribution in [2.45, 2.75) is 26.9 Å². The van der Waals surface area contributed by atoms with Crippen molar-refractivity contribution in [2.24, 2.45) is 5.41 Å². The van der Waals surface area contributed by atoms with Crippen LogP contribution in [0.25, 0.3) is 0 Å². The molecule has 0 fully saturated rings. The van der Waals surface area contributed by atoms with Crippen LogP contribution >= 0.6 is 0 Å². The van der Waals surface area contributed by atoms with Gasteiger partial charge < -0.3 is 15.2 Å². The van der Waals surface area contributed by atoms with Crippen molar-refractivity contribution in [2.75, 3.05) is 13.7 Å². The van der Waals surface area contributed by atoms with Crippen LogP contribution in [0.1, 0.15) is 31.1 Å². The number of hydrogen-bond donors (Lipinski definition) is 2. The van der Waals surface area contributed by atoms with Crippen LogP contribution in [-0.2, 0) is 0 Å². The number of carbonyl (C=O) groups is 1. The Balaban J connectivity index is 2.75. The van der Waals surface area contributed by atoms with Gasteiger partial charge in [-0.15, -0.1) is 0 Å². The van der Waals surface area contributed by atoms with Crippen LogP contribution in [0.5, 0.6) is 5.75 Å². The summed E-state index contributed by atoms with van der Waals surface area (Å²) >= 11 is 0. The van der Waals surface area contributed by atoms with E-state index in [1.54, 1.807) is 0 Å². The molecule has 1 unspecified atom stereocenters. The monoisotopic (exact) mass is 269 g/mol. The number of halogens is 1. The van der Waals surface area contributed by atoms with Crippen LogP contribution < -0.4 is 10.1 Å². The molecule has 0 bridgehead atoms. The summed E-state index contributed by atoms with van der Waals surface area (Å²) in [6.45, 7) is 5.64. The molecule has 4 nitrogen and oxygen atoms in total. The molecule has 0 saturated heterocycles. The maximum Gasteiger partial charge on any atom is 0.254 e. The Labute approximate surface area is 112 Å². The molecule has 1 atom stereocenters. The van der Waals surface area contributed by atoms with Gasteiger partial charge in [0.05, 0.1) is 18.8 Å². The number of methoxy groups -OCH3 is 1. The highest BCUT2D eigenvalue weighted by atomic mass is 19.1. The summed E-state index contributed by atoms with van der Waals surface area (Å²) in [4.78, 5) is 11.8. The maximum atomic E-state index is 13.8. The molecule has 0 aliphatic heterocycles. The molecular weight excluding hydrogens is 249 g/mol. The summed E-state index contributed by atoms with van der Waals surface area (Å²) in [5.41, 5.74) is -0.444. The SMILES string of the molecule is COc1cccc(C(=O)NCC(O)C(C)(C)C)c1F. The Morgan fingerprint density at radius 3 is 2.63 bits per heavy atom. The first-order chi connectivity index (χ1) is 8.77. The zero-order chi connectivity index (χ0) is 14.6. The van der Waals surface area contributed by atoms with Crippen LogP contribution in [0.3, 0.4) is 0 Å². The van der Waals surface area contributed by atoms with Crippen molar-refractivity contribution in [3.05, 3.63) is 29.6 Å². The van der Waals surface area contributed by atoms with E-state index in [-0.39, 0.29) is 23.3 Å². The predicted molar refractivity (Wildman–Crippen MR) is 70.7 cm³/mol. The summed E-state index contributed by atoms with van der Waals surface area (Å²) < 4.78 is 18.6. The molecule has 1 aromatic rings. The van der Waals surface area contributed by atoms with Gasteiger partial charge in [-0.25, -0.2) is 4.39 Å². The van der Waals surface area contributed by atoms with Crippen molar-refractivity contribution in [3.8, 4) is 5.75 Å². The largest absolute Gasteiger partial charge is 0.494 e. The van der Waals surface area contributed by atoms with Gasteiger partial charge in [0.25, 0.3) is 5.91 Å². The van der Waals surface area contributed by atoms with Gasteiger partial charge in [-0.2, -0.15) is 0 Å². The number of rotatable bonds is 4. The number of hydrogen-bond acceptors (Lipinski definition) is 3. The van der Waals surface area contributed by atoms with E-state index < -0.39 is 17.8 Å². The highest BCUT2D eigenvalue weighted by Crippen LogP contribution is 2.21. The van der Waals surface area contributed by atoms with E-state index in [4.69, 9.17) is 4.74 Å². The van der Waals surface area contributed by atoms with E-state index in [0.717, 1.165) is 0 Å². The van der Waals surface area contributed by atoms with Gasteiger partial charge in [0.15, 0.2) is 11.6 Å². The van der Waals surface area contributed by atoms with Gasteiger partial charge >= 0.3 is 0 Å². The molecule has 106 valence electrons. The lowest BCUT2D eigenvalue weighted by Gasteiger charge is -2.25. The van der Waals surface area contributed by atoms with Crippen molar-refractivity contribution in [3.63, 3.8) is 0 Å². The van der Waals surface area contributed by atoms with Crippen LogP contribution in [0, 0.1) is 11.2 Å². The minimum Gasteiger partial charge on any atom is -0.494 e. The Bertz CT molecular complexity index is 454. The van der Waals surface area contributed by atoms with E-state index in [9.17, 15) is 14.3 Å². The Morgan fingerprint density at radius 2 is 2.11 bits per heavy atom. The number of benzene rings is 1. The van der Waals surface area contributed by atoms with Gasteiger partial charge in [0.2, 0.25) is 0 Å². The van der Waals surface area contributed by atoms with Crippen molar-refractivity contribution in [1.82, 2.24) is 5.32 Å². The lowest BCUT2D eigenvalue weighted by atomic mass is 9.89. The van der Waals surface area contributed by atoms with Gasteiger partial charge in [-0.05, 0) is 17.5 Å². The van der Waals surface area contributed by atoms with E-state index in [2.05, 4.69) is 5.32 Å². The average Bonchev–Trinajstić information content (AvgIpc) is 2.34. The van der Waals surface area contributed by atoms with Crippen LogP contribution in [-0.4, -0.2) is 30.8 Å². The van der Waals surface area contributed by atoms with Gasteiger partial charge in [-0.1, -0.05) is 26.8 Å². The quantitative estimate of drug-likeness (QED) is 0.878. The van der Waals surface area contributed by atoms with Gasteiger partial charge in [0, 0.05) is 6.54 Å². The first-order valence-electron chi connectivity index (χ1n) is 6.06. The lowest BCUT2D eigenvalue weighted by molar-refractivity contribution is 0.0585. The molecule has 0 aliphatic rings. The molecule has 0 heterocycles. The second kappa shape index (κ2) is 6.02. The van der Waals surface area contributed by atoms with Gasteiger partial charge in [-0.3, -0.25) is 4.79 Å². The second-order valence-corrected chi connectivity index (χ2v) is 5.41. The predicted octanol–water partition coefficient (Wildman–Crippen LogP) is 1.97. The number of ether oxygens (including phenoxy) is 1. The zero-order valence-corrected chi connectivity index (χ0v) is 11.7. The number of nitrogens with one attached hydrogen (secondary N) is 1. The highest BCUT2D eigenvalue weighted by Gasteiger charge is 2.23. The third kappa shape index (κ3) is 3.92. The Hall–Kier alpha value is -1.62. The summed E-state index contributed by atoms with van der Waals surface area (Å²) in [5, 5.41) is 12.3. The molecule has 5 heteroatoms. The van der Waals surface area contributed by atoms with Gasteiger partial charge in [0.1, 0.15) is 0 Å². The number of carbonyl (C=O) groups excluding carboxylic acids is 1. The first kappa shape index (κ1) is 15.4. The normalized spacial score (nSPS) is 12.9.